The number of rotatable bonds is 4. The summed E-state index contributed by atoms with van der Waals surface area (Å²) in [5.74, 6) is 0.625. The fraction of sp³-hybridized carbons (Fsp3) is 0.421. The maximum atomic E-state index is 12.9. The summed E-state index contributed by atoms with van der Waals surface area (Å²) in [7, 11) is 1.59. The Labute approximate surface area is 151 Å². The minimum Gasteiger partial charge on any atom is -0.497 e. The summed E-state index contributed by atoms with van der Waals surface area (Å²) < 4.78 is 8.27. The van der Waals surface area contributed by atoms with Crippen LogP contribution >= 0.6 is 0 Å². The highest BCUT2D eigenvalue weighted by molar-refractivity contribution is 5.84. The van der Waals surface area contributed by atoms with Crippen molar-refractivity contribution in [2.24, 2.45) is 5.41 Å². The number of amides is 1. The van der Waals surface area contributed by atoms with Crippen molar-refractivity contribution in [3.63, 3.8) is 0 Å². The molecule has 2 heterocycles. The number of carbonyl (C=O) groups is 1. The Morgan fingerprint density at radius 3 is 2.65 bits per heavy atom. The first kappa shape index (κ1) is 18.0. The molecule has 0 aliphatic heterocycles. The van der Waals surface area contributed by atoms with Crippen LogP contribution in [0, 0.1) is 12.3 Å². The van der Waals surface area contributed by atoms with E-state index in [2.05, 4.69) is 10.4 Å². The lowest BCUT2D eigenvalue weighted by molar-refractivity contribution is -0.128. The Balaban J connectivity index is 2.00. The summed E-state index contributed by atoms with van der Waals surface area (Å²) in [6, 6.07) is 7.62. The molecule has 26 heavy (non-hydrogen) atoms. The highest BCUT2D eigenvalue weighted by atomic mass is 16.5. The van der Waals surface area contributed by atoms with Gasteiger partial charge in [0.05, 0.1) is 19.2 Å². The van der Waals surface area contributed by atoms with Gasteiger partial charge in [-0.05, 0) is 36.1 Å². The number of nitrogens with zero attached hydrogens (tertiary/aromatic N) is 3. The van der Waals surface area contributed by atoms with Crippen molar-refractivity contribution in [3.05, 3.63) is 40.3 Å². The minimum absolute atomic E-state index is 0.0549. The number of benzene rings is 1. The molecule has 0 unspecified atom stereocenters. The Bertz CT molecular complexity index is 1040. The first-order valence-corrected chi connectivity index (χ1v) is 8.57. The van der Waals surface area contributed by atoms with E-state index >= 15 is 0 Å². The zero-order chi connectivity index (χ0) is 19.1. The fourth-order valence-electron chi connectivity index (χ4n) is 2.83. The molecule has 1 amide bonds. The molecule has 138 valence electrons. The molecule has 0 aliphatic carbocycles. The van der Waals surface area contributed by atoms with Crippen LogP contribution in [0.2, 0.25) is 0 Å². The van der Waals surface area contributed by atoms with E-state index in [-0.39, 0.29) is 11.6 Å². The van der Waals surface area contributed by atoms with E-state index in [9.17, 15) is 9.59 Å². The number of pyridine rings is 1. The van der Waals surface area contributed by atoms with Crippen LogP contribution in [0.3, 0.4) is 0 Å². The lowest BCUT2D eigenvalue weighted by Gasteiger charge is -2.17. The van der Waals surface area contributed by atoms with Gasteiger partial charge in [-0.1, -0.05) is 20.8 Å². The van der Waals surface area contributed by atoms with Crippen LogP contribution in [0.4, 0.5) is 0 Å². The van der Waals surface area contributed by atoms with Crippen LogP contribution in [0.15, 0.2) is 29.1 Å². The van der Waals surface area contributed by atoms with E-state index in [1.807, 2.05) is 52.0 Å². The van der Waals surface area contributed by atoms with Crippen LogP contribution in [0.5, 0.6) is 5.75 Å². The molecule has 3 aromatic rings. The maximum absolute atomic E-state index is 12.9. The van der Waals surface area contributed by atoms with E-state index in [0.29, 0.717) is 24.5 Å². The van der Waals surface area contributed by atoms with Gasteiger partial charge in [-0.15, -0.1) is 5.10 Å². The second-order valence-electron chi connectivity index (χ2n) is 7.42. The topological polar surface area (TPSA) is 77.6 Å². The lowest BCUT2D eigenvalue weighted by atomic mass is 9.96. The molecule has 0 saturated carbocycles. The van der Waals surface area contributed by atoms with Gasteiger partial charge in [0.15, 0.2) is 5.65 Å². The molecule has 7 nitrogen and oxygen atoms in total. The van der Waals surface area contributed by atoms with E-state index in [1.54, 1.807) is 11.5 Å². The average Bonchev–Trinajstić information content (AvgIpc) is 2.91. The van der Waals surface area contributed by atoms with Crippen LogP contribution < -0.4 is 15.7 Å². The highest BCUT2D eigenvalue weighted by Crippen LogP contribution is 2.23. The van der Waals surface area contributed by atoms with Crippen LogP contribution in [-0.4, -0.2) is 33.7 Å². The van der Waals surface area contributed by atoms with E-state index in [4.69, 9.17) is 4.74 Å². The van der Waals surface area contributed by atoms with Gasteiger partial charge >= 0.3 is 5.69 Å². The molecule has 0 bridgehead atoms. The Kier molecular flexibility index (Phi) is 4.48. The molecule has 3 rings (SSSR count). The first-order chi connectivity index (χ1) is 12.2. The number of aromatic nitrogens is 3. The molecule has 0 fully saturated rings. The summed E-state index contributed by atoms with van der Waals surface area (Å²) in [4.78, 5) is 24.9. The molecular formula is C19H24N4O3. The van der Waals surface area contributed by atoms with Gasteiger partial charge in [0.25, 0.3) is 0 Å². The molecular weight excluding hydrogens is 332 g/mol. The molecule has 0 saturated heterocycles. The van der Waals surface area contributed by atoms with Gasteiger partial charge in [-0.2, -0.15) is 0 Å². The summed E-state index contributed by atoms with van der Waals surface area (Å²) in [5.41, 5.74) is 1.58. The van der Waals surface area contributed by atoms with Crippen LogP contribution in [0.1, 0.15) is 26.3 Å². The van der Waals surface area contributed by atoms with E-state index in [1.165, 1.54) is 4.68 Å². The van der Waals surface area contributed by atoms with Crippen molar-refractivity contribution in [2.75, 3.05) is 13.7 Å². The maximum Gasteiger partial charge on any atom is 0.350 e. The number of fused-ring (bicyclic) bond motifs is 3. The lowest BCUT2D eigenvalue weighted by Crippen LogP contribution is -2.37. The van der Waals surface area contributed by atoms with Crippen LogP contribution in [-0.2, 0) is 11.3 Å². The highest BCUT2D eigenvalue weighted by Gasteiger charge is 2.20. The number of carbonyl (C=O) groups excluding carboxylic acids is 1. The third-order valence-corrected chi connectivity index (χ3v) is 4.33. The number of hydrogen-bond acceptors (Lipinski definition) is 4. The zero-order valence-electron chi connectivity index (χ0n) is 15.8. The SMILES string of the molecule is COc1ccc2cc(C)c3nn(CCNC(=O)C(C)(C)C)c(=O)n3c2c1. The summed E-state index contributed by atoms with van der Waals surface area (Å²) in [6.45, 7) is 8.14. The van der Waals surface area contributed by atoms with Gasteiger partial charge in [0, 0.05) is 18.0 Å². The Hall–Kier alpha value is -2.83. The van der Waals surface area contributed by atoms with E-state index < -0.39 is 5.41 Å². The first-order valence-electron chi connectivity index (χ1n) is 8.57. The van der Waals surface area contributed by atoms with Crippen molar-refractivity contribution in [1.82, 2.24) is 19.5 Å². The largest absolute Gasteiger partial charge is 0.497 e. The second kappa shape index (κ2) is 6.48. The van der Waals surface area contributed by atoms with Gasteiger partial charge in [0.1, 0.15) is 5.75 Å². The van der Waals surface area contributed by atoms with Gasteiger partial charge < -0.3 is 10.1 Å². The Morgan fingerprint density at radius 2 is 2.00 bits per heavy atom. The number of nitrogens with one attached hydrogen (secondary N) is 1. The molecule has 0 aliphatic rings. The van der Waals surface area contributed by atoms with Gasteiger partial charge in [0.2, 0.25) is 5.91 Å². The van der Waals surface area contributed by atoms with Crippen molar-refractivity contribution < 1.29 is 9.53 Å². The van der Waals surface area contributed by atoms with Crippen molar-refractivity contribution in [3.8, 4) is 5.75 Å². The third-order valence-electron chi connectivity index (χ3n) is 4.33. The van der Waals surface area contributed by atoms with Crippen molar-refractivity contribution in [2.45, 2.75) is 34.2 Å². The van der Waals surface area contributed by atoms with Gasteiger partial charge in [-0.3, -0.25) is 4.79 Å². The summed E-state index contributed by atoms with van der Waals surface area (Å²) in [6.07, 6.45) is 0. The number of aryl methyl sites for hydroxylation is 1. The molecule has 0 spiro atoms. The second-order valence-corrected chi connectivity index (χ2v) is 7.42. The number of methoxy groups -OCH3 is 1. The summed E-state index contributed by atoms with van der Waals surface area (Å²) >= 11 is 0. The smallest absolute Gasteiger partial charge is 0.350 e. The number of hydrogen-bond donors (Lipinski definition) is 1. The number of ether oxygens (including phenoxy) is 1. The molecule has 0 radical (unpaired) electrons. The standard InChI is InChI=1S/C19H24N4O3/c1-12-10-13-6-7-14(26-5)11-15(13)23-16(12)21-22(18(23)25)9-8-20-17(24)19(2,3)4/h6-7,10-11H,8-9H2,1-5H3,(H,20,24). The molecule has 2 aromatic heterocycles. The monoisotopic (exact) mass is 356 g/mol. The normalized spacial score (nSPS) is 11.9. The minimum atomic E-state index is -0.465. The fourth-order valence-corrected chi connectivity index (χ4v) is 2.83. The molecule has 1 aromatic carbocycles. The molecule has 0 atom stereocenters. The molecule has 7 heteroatoms. The quantitative estimate of drug-likeness (QED) is 0.777. The van der Waals surface area contributed by atoms with Crippen molar-refractivity contribution >= 4 is 22.5 Å². The van der Waals surface area contributed by atoms with Crippen LogP contribution in [0.25, 0.3) is 16.6 Å². The predicted molar refractivity (Wildman–Crippen MR) is 101 cm³/mol. The zero-order valence-corrected chi connectivity index (χ0v) is 15.8. The van der Waals surface area contributed by atoms with Gasteiger partial charge in [-0.25, -0.2) is 13.9 Å². The Morgan fingerprint density at radius 1 is 1.27 bits per heavy atom. The third kappa shape index (κ3) is 3.16. The summed E-state index contributed by atoms with van der Waals surface area (Å²) in [5, 5.41) is 8.24. The molecule has 1 N–H and O–H groups in total. The predicted octanol–water partition coefficient (Wildman–Crippen LogP) is 2.13. The average molecular weight is 356 g/mol. The van der Waals surface area contributed by atoms with E-state index in [0.717, 1.165) is 16.5 Å². The van der Waals surface area contributed by atoms with Crippen molar-refractivity contribution in [1.29, 1.82) is 0 Å².